The maximum Gasteiger partial charge on any atom is 0.255 e. The van der Waals surface area contributed by atoms with Crippen molar-refractivity contribution in [2.45, 2.75) is 6.61 Å². The third kappa shape index (κ3) is 4.65. The summed E-state index contributed by atoms with van der Waals surface area (Å²) in [5.41, 5.74) is 7.19. The highest BCUT2D eigenvalue weighted by Crippen LogP contribution is 2.21. The molecule has 0 bridgehead atoms. The minimum absolute atomic E-state index is 0.247. The second-order valence-electron chi connectivity index (χ2n) is 5.77. The molecule has 27 heavy (non-hydrogen) atoms. The molecule has 0 spiro atoms. The predicted molar refractivity (Wildman–Crippen MR) is 105 cm³/mol. The van der Waals surface area contributed by atoms with Gasteiger partial charge >= 0.3 is 0 Å². The van der Waals surface area contributed by atoms with Gasteiger partial charge < -0.3 is 15.8 Å². The number of carbonyl (C=O) groups is 2. The summed E-state index contributed by atoms with van der Waals surface area (Å²) >= 11 is 6.12. The Labute approximate surface area is 161 Å². The lowest BCUT2D eigenvalue weighted by Crippen LogP contribution is -2.18. The van der Waals surface area contributed by atoms with Gasteiger partial charge in [0.2, 0.25) is 0 Å². The molecule has 0 saturated heterocycles. The number of hydrogen-bond donors (Lipinski definition) is 2. The van der Waals surface area contributed by atoms with Crippen molar-refractivity contribution in [3.8, 4) is 5.75 Å². The van der Waals surface area contributed by atoms with Crippen LogP contribution in [0.25, 0.3) is 0 Å². The number of para-hydroxylation sites is 1. The van der Waals surface area contributed by atoms with Gasteiger partial charge in [-0.05, 0) is 36.4 Å². The molecular formula is C21H17ClN2O3. The molecule has 0 aromatic heterocycles. The smallest absolute Gasteiger partial charge is 0.255 e. The average Bonchev–Trinajstić information content (AvgIpc) is 2.68. The molecule has 0 atom stereocenters. The second-order valence-corrected chi connectivity index (χ2v) is 6.18. The first-order valence-corrected chi connectivity index (χ1v) is 8.59. The van der Waals surface area contributed by atoms with Crippen molar-refractivity contribution in [3.63, 3.8) is 0 Å². The van der Waals surface area contributed by atoms with Crippen LogP contribution in [0.1, 0.15) is 26.3 Å². The van der Waals surface area contributed by atoms with Crippen molar-refractivity contribution in [3.05, 3.63) is 94.5 Å². The number of primary amides is 1. The van der Waals surface area contributed by atoms with E-state index in [1.807, 2.05) is 18.2 Å². The summed E-state index contributed by atoms with van der Waals surface area (Å²) in [6.45, 7) is 0.287. The van der Waals surface area contributed by atoms with Crippen molar-refractivity contribution < 1.29 is 14.3 Å². The van der Waals surface area contributed by atoms with Crippen molar-refractivity contribution >= 4 is 29.1 Å². The number of halogens is 1. The maximum atomic E-state index is 12.5. The number of nitrogens with one attached hydrogen (secondary N) is 1. The zero-order valence-electron chi connectivity index (χ0n) is 14.3. The highest BCUT2D eigenvalue weighted by molar-refractivity contribution is 6.31. The summed E-state index contributed by atoms with van der Waals surface area (Å²) in [6.07, 6.45) is 0. The zero-order chi connectivity index (χ0) is 19.2. The predicted octanol–water partition coefficient (Wildman–Crippen LogP) is 4.27. The average molecular weight is 381 g/mol. The SMILES string of the molecule is NC(=O)c1ccccc1NC(=O)c1cccc(OCc2ccccc2Cl)c1. The number of amides is 2. The van der Waals surface area contributed by atoms with Crippen LogP contribution in [0.5, 0.6) is 5.75 Å². The van der Waals surface area contributed by atoms with Crippen LogP contribution < -0.4 is 15.8 Å². The number of rotatable bonds is 6. The van der Waals surface area contributed by atoms with Gasteiger partial charge in [0.05, 0.1) is 11.3 Å². The van der Waals surface area contributed by atoms with Crippen molar-refractivity contribution in [1.29, 1.82) is 0 Å². The number of ether oxygens (including phenoxy) is 1. The monoisotopic (exact) mass is 380 g/mol. The van der Waals surface area contributed by atoms with E-state index < -0.39 is 5.91 Å². The number of anilines is 1. The van der Waals surface area contributed by atoms with E-state index in [0.717, 1.165) is 5.56 Å². The molecule has 3 rings (SSSR count). The molecule has 0 heterocycles. The van der Waals surface area contributed by atoms with Crippen LogP contribution >= 0.6 is 11.6 Å². The Hall–Kier alpha value is -3.31. The van der Waals surface area contributed by atoms with Gasteiger partial charge in [-0.25, -0.2) is 0 Å². The summed E-state index contributed by atoms with van der Waals surface area (Å²) in [5.74, 6) is -0.444. The molecule has 3 N–H and O–H groups in total. The molecule has 0 aliphatic heterocycles. The molecule has 0 fully saturated rings. The Kier molecular flexibility index (Phi) is 5.74. The highest BCUT2D eigenvalue weighted by Gasteiger charge is 2.12. The Balaban J connectivity index is 1.73. The van der Waals surface area contributed by atoms with Crippen LogP contribution in [-0.2, 0) is 6.61 Å². The molecule has 0 aliphatic rings. The molecule has 0 radical (unpaired) electrons. The molecule has 0 unspecified atom stereocenters. The van der Waals surface area contributed by atoms with Crippen LogP contribution in [0.3, 0.4) is 0 Å². The highest BCUT2D eigenvalue weighted by atomic mass is 35.5. The van der Waals surface area contributed by atoms with Crippen LogP contribution in [0, 0.1) is 0 Å². The lowest BCUT2D eigenvalue weighted by molar-refractivity contribution is 0.100. The summed E-state index contributed by atoms with van der Waals surface area (Å²) in [5, 5.41) is 3.32. The maximum absolute atomic E-state index is 12.5. The minimum atomic E-state index is -0.609. The topological polar surface area (TPSA) is 81.4 Å². The molecular weight excluding hydrogens is 364 g/mol. The summed E-state index contributed by atoms with van der Waals surface area (Å²) in [4.78, 5) is 24.0. The minimum Gasteiger partial charge on any atom is -0.489 e. The van der Waals surface area contributed by atoms with Gasteiger partial charge in [0.1, 0.15) is 12.4 Å². The first kappa shape index (κ1) is 18.5. The van der Waals surface area contributed by atoms with E-state index in [4.69, 9.17) is 22.1 Å². The van der Waals surface area contributed by atoms with Gasteiger partial charge in [0.15, 0.2) is 0 Å². The Morgan fingerprint density at radius 3 is 2.48 bits per heavy atom. The van der Waals surface area contributed by atoms with E-state index in [9.17, 15) is 9.59 Å². The van der Waals surface area contributed by atoms with Crippen LogP contribution in [0.4, 0.5) is 5.69 Å². The van der Waals surface area contributed by atoms with Gasteiger partial charge in [-0.1, -0.05) is 48.0 Å². The lowest BCUT2D eigenvalue weighted by Gasteiger charge is -2.11. The molecule has 0 saturated carbocycles. The fraction of sp³-hybridized carbons (Fsp3) is 0.0476. The molecule has 3 aromatic rings. The van der Waals surface area contributed by atoms with E-state index in [-0.39, 0.29) is 18.1 Å². The lowest BCUT2D eigenvalue weighted by atomic mass is 10.1. The van der Waals surface area contributed by atoms with Crippen LogP contribution in [0.15, 0.2) is 72.8 Å². The van der Waals surface area contributed by atoms with Crippen molar-refractivity contribution in [2.24, 2.45) is 5.73 Å². The summed E-state index contributed by atoms with van der Waals surface area (Å²) in [6, 6.07) is 20.7. The Morgan fingerprint density at radius 2 is 1.70 bits per heavy atom. The summed E-state index contributed by atoms with van der Waals surface area (Å²) < 4.78 is 5.74. The first-order chi connectivity index (χ1) is 13.0. The number of nitrogens with two attached hydrogens (primary N) is 1. The van der Waals surface area contributed by atoms with E-state index in [2.05, 4.69) is 5.32 Å². The fourth-order valence-corrected chi connectivity index (χ4v) is 2.70. The van der Waals surface area contributed by atoms with E-state index in [0.29, 0.717) is 22.0 Å². The molecule has 3 aromatic carbocycles. The van der Waals surface area contributed by atoms with E-state index in [1.165, 1.54) is 0 Å². The second kappa shape index (κ2) is 8.38. The van der Waals surface area contributed by atoms with Crippen LogP contribution in [-0.4, -0.2) is 11.8 Å². The Bertz CT molecular complexity index is 988. The molecule has 5 nitrogen and oxygen atoms in total. The number of benzene rings is 3. The largest absolute Gasteiger partial charge is 0.489 e. The number of carbonyl (C=O) groups excluding carboxylic acids is 2. The van der Waals surface area contributed by atoms with E-state index in [1.54, 1.807) is 54.6 Å². The first-order valence-electron chi connectivity index (χ1n) is 8.21. The van der Waals surface area contributed by atoms with Crippen molar-refractivity contribution in [1.82, 2.24) is 0 Å². The Morgan fingerprint density at radius 1 is 0.963 bits per heavy atom. The molecule has 6 heteroatoms. The van der Waals surface area contributed by atoms with Gasteiger partial charge in [-0.15, -0.1) is 0 Å². The van der Waals surface area contributed by atoms with Gasteiger partial charge in [-0.3, -0.25) is 9.59 Å². The quantitative estimate of drug-likeness (QED) is 0.670. The van der Waals surface area contributed by atoms with E-state index >= 15 is 0 Å². The standard InChI is InChI=1S/C21H17ClN2O3/c22-18-10-3-1-6-15(18)13-27-16-8-5-7-14(12-16)21(26)24-19-11-4-2-9-17(19)20(23)25/h1-12H,13H2,(H2,23,25)(H,24,26). The zero-order valence-corrected chi connectivity index (χ0v) is 15.1. The van der Waals surface area contributed by atoms with Gasteiger partial charge in [-0.2, -0.15) is 0 Å². The van der Waals surface area contributed by atoms with Crippen molar-refractivity contribution in [2.75, 3.05) is 5.32 Å². The fourth-order valence-electron chi connectivity index (χ4n) is 2.51. The molecule has 2 amide bonds. The van der Waals surface area contributed by atoms with Crippen LogP contribution in [0.2, 0.25) is 5.02 Å². The normalized spacial score (nSPS) is 10.3. The van der Waals surface area contributed by atoms with Gasteiger partial charge in [0, 0.05) is 16.1 Å². The molecule has 0 aliphatic carbocycles. The summed E-state index contributed by atoms with van der Waals surface area (Å²) in [7, 11) is 0. The third-order valence-electron chi connectivity index (χ3n) is 3.89. The third-order valence-corrected chi connectivity index (χ3v) is 4.26. The number of hydrogen-bond acceptors (Lipinski definition) is 3. The van der Waals surface area contributed by atoms with Gasteiger partial charge in [0.25, 0.3) is 11.8 Å². The molecule has 136 valence electrons.